The van der Waals surface area contributed by atoms with Crippen molar-refractivity contribution in [2.45, 2.75) is 58.9 Å². The van der Waals surface area contributed by atoms with Crippen molar-refractivity contribution in [2.75, 3.05) is 23.7 Å². The van der Waals surface area contributed by atoms with E-state index in [0.29, 0.717) is 23.8 Å². The van der Waals surface area contributed by atoms with Crippen LogP contribution in [0, 0.1) is 12.8 Å². The molecular formula is C35H42N6O2. The lowest BCUT2D eigenvalue weighted by molar-refractivity contribution is 0.0690. The van der Waals surface area contributed by atoms with Crippen molar-refractivity contribution in [3.8, 4) is 5.69 Å². The summed E-state index contributed by atoms with van der Waals surface area (Å²) < 4.78 is 1.78. The molecule has 3 aromatic carbocycles. The summed E-state index contributed by atoms with van der Waals surface area (Å²) in [6.45, 7) is 10.3. The van der Waals surface area contributed by atoms with E-state index in [4.69, 9.17) is 10.8 Å². The Morgan fingerprint density at radius 2 is 1.60 bits per heavy atom. The normalized spacial score (nSPS) is 14.0. The zero-order valence-electron chi connectivity index (χ0n) is 25.6. The number of hydrogen-bond acceptors (Lipinski definition) is 4. The number of nitrogens with one attached hydrogen (secondary N) is 2. The van der Waals surface area contributed by atoms with Gasteiger partial charge in [-0.1, -0.05) is 62.7 Å². The quantitative estimate of drug-likeness (QED) is 0.228. The van der Waals surface area contributed by atoms with E-state index in [0.717, 1.165) is 60.5 Å². The van der Waals surface area contributed by atoms with E-state index < -0.39 is 0 Å². The van der Waals surface area contributed by atoms with Gasteiger partial charge in [-0.3, -0.25) is 10.1 Å². The van der Waals surface area contributed by atoms with E-state index in [1.807, 2.05) is 84.6 Å². The van der Waals surface area contributed by atoms with E-state index >= 15 is 0 Å². The third kappa shape index (κ3) is 7.51. The first kappa shape index (κ1) is 30.0. The molecule has 224 valence electrons. The van der Waals surface area contributed by atoms with E-state index in [-0.39, 0.29) is 17.4 Å². The van der Waals surface area contributed by atoms with Crippen LogP contribution >= 0.6 is 0 Å². The molecule has 0 saturated carbocycles. The Balaban J connectivity index is 1.19. The fourth-order valence-corrected chi connectivity index (χ4v) is 5.41. The predicted molar refractivity (Wildman–Crippen MR) is 173 cm³/mol. The number of benzene rings is 3. The summed E-state index contributed by atoms with van der Waals surface area (Å²) in [5.74, 6) is 1.17. The number of aryl methyl sites for hydroxylation is 1. The summed E-state index contributed by atoms with van der Waals surface area (Å²) in [6.07, 6.45) is 2.80. The van der Waals surface area contributed by atoms with Crippen LogP contribution in [0.15, 0.2) is 78.9 Å². The second kappa shape index (κ2) is 12.8. The number of anilines is 2. The lowest BCUT2D eigenvalue weighted by Crippen LogP contribution is -2.38. The molecule has 0 aliphatic carbocycles. The Bertz CT molecular complexity index is 1560. The molecule has 0 unspecified atom stereocenters. The lowest BCUT2D eigenvalue weighted by atomic mass is 9.90. The molecule has 4 aromatic rings. The molecule has 4 N–H and O–H groups in total. The molecule has 8 heteroatoms. The SMILES string of the molecule is Cc1ccc(-n2nc(C(C)(C)C)cc2NC(=O)Nc2cccc(CC3CCN(C(=O)c4ccc(CN)cc4)CC3)c2)cc1. The molecule has 3 amide bonds. The van der Waals surface area contributed by atoms with Crippen molar-refractivity contribution in [1.82, 2.24) is 14.7 Å². The number of aromatic nitrogens is 2. The minimum atomic E-state index is -0.322. The highest BCUT2D eigenvalue weighted by Crippen LogP contribution is 2.27. The summed E-state index contributed by atoms with van der Waals surface area (Å²) in [4.78, 5) is 28.0. The minimum Gasteiger partial charge on any atom is -0.339 e. The maximum Gasteiger partial charge on any atom is 0.324 e. The fraction of sp³-hybridized carbons (Fsp3) is 0.343. The Kier molecular flexibility index (Phi) is 8.97. The number of urea groups is 1. The third-order valence-corrected chi connectivity index (χ3v) is 8.05. The van der Waals surface area contributed by atoms with Crippen LogP contribution in [0.2, 0.25) is 0 Å². The molecule has 1 aliphatic rings. The molecule has 0 radical (unpaired) electrons. The van der Waals surface area contributed by atoms with Gasteiger partial charge in [0.15, 0.2) is 0 Å². The molecule has 43 heavy (non-hydrogen) atoms. The van der Waals surface area contributed by atoms with Gasteiger partial charge >= 0.3 is 6.03 Å². The molecule has 1 aliphatic heterocycles. The van der Waals surface area contributed by atoms with Crippen LogP contribution in [0.4, 0.5) is 16.3 Å². The van der Waals surface area contributed by atoms with Crippen molar-refractivity contribution >= 4 is 23.4 Å². The largest absolute Gasteiger partial charge is 0.339 e. The van der Waals surface area contributed by atoms with Gasteiger partial charge in [-0.15, -0.1) is 0 Å². The van der Waals surface area contributed by atoms with Crippen molar-refractivity contribution in [2.24, 2.45) is 11.7 Å². The number of amides is 3. The maximum absolute atomic E-state index is 13.1. The Morgan fingerprint density at radius 1 is 0.907 bits per heavy atom. The zero-order valence-corrected chi connectivity index (χ0v) is 25.6. The Morgan fingerprint density at radius 3 is 2.26 bits per heavy atom. The average Bonchev–Trinajstić information content (AvgIpc) is 3.42. The van der Waals surface area contributed by atoms with Gasteiger partial charge < -0.3 is 16.0 Å². The number of piperidine rings is 1. The molecular weight excluding hydrogens is 536 g/mol. The molecule has 0 spiro atoms. The van der Waals surface area contributed by atoms with Crippen LogP contribution < -0.4 is 16.4 Å². The van der Waals surface area contributed by atoms with E-state index in [2.05, 4.69) is 37.5 Å². The third-order valence-electron chi connectivity index (χ3n) is 8.05. The molecule has 1 fully saturated rings. The monoisotopic (exact) mass is 578 g/mol. The molecule has 1 saturated heterocycles. The number of nitrogens with zero attached hydrogens (tertiary/aromatic N) is 3. The second-order valence-corrected chi connectivity index (χ2v) is 12.5. The summed E-state index contributed by atoms with van der Waals surface area (Å²) in [5, 5.41) is 10.8. The van der Waals surface area contributed by atoms with Gasteiger partial charge in [-0.25, -0.2) is 9.48 Å². The minimum absolute atomic E-state index is 0.0811. The predicted octanol–water partition coefficient (Wildman–Crippen LogP) is 6.68. The number of hydrogen-bond donors (Lipinski definition) is 3. The first-order chi connectivity index (χ1) is 20.6. The van der Waals surface area contributed by atoms with Gasteiger partial charge in [-0.2, -0.15) is 5.10 Å². The fourth-order valence-electron chi connectivity index (χ4n) is 5.41. The summed E-state index contributed by atoms with van der Waals surface area (Å²) in [6, 6.07) is 25.3. The highest BCUT2D eigenvalue weighted by atomic mass is 16.2. The number of likely N-dealkylation sites (tertiary alicyclic amines) is 1. The first-order valence-corrected chi connectivity index (χ1v) is 15.0. The van der Waals surface area contributed by atoms with Gasteiger partial charge in [0.1, 0.15) is 5.82 Å². The molecule has 2 heterocycles. The second-order valence-electron chi connectivity index (χ2n) is 12.5. The molecule has 0 bridgehead atoms. The standard InChI is InChI=1S/C35H42N6O2/c1-24-8-14-30(15-9-24)41-32(22-31(39-41)35(2,3)4)38-34(43)37-29-7-5-6-27(21-29)20-25-16-18-40(19-17-25)33(42)28-12-10-26(23-36)11-13-28/h5-15,21-22,25H,16-20,23,36H2,1-4H3,(H2,37,38,43). The molecule has 5 rings (SSSR count). The highest BCUT2D eigenvalue weighted by Gasteiger charge is 2.24. The van der Waals surface area contributed by atoms with Crippen LogP contribution in [-0.2, 0) is 18.4 Å². The van der Waals surface area contributed by atoms with Crippen molar-refractivity contribution in [1.29, 1.82) is 0 Å². The average molecular weight is 579 g/mol. The Labute approximate surface area is 254 Å². The maximum atomic E-state index is 13.1. The summed E-state index contributed by atoms with van der Waals surface area (Å²) in [5.41, 5.74) is 12.1. The smallest absolute Gasteiger partial charge is 0.324 e. The van der Waals surface area contributed by atoms with Crippen LogP contribution in [0.3, 0.4) is 0 Å². The number of nitrogens with two attached hydrogens (primary N) is 1. The Hall–Kier alpha value is -4.43. The van der Waals surface area contributed by atoms with Gasteiger partial charge in [0.05, 0.1) is 11.4 Å². The number of rotatable bonds is 7. The van der Waals surface area contributed by atoms with Gasteiger partial charge in [0.2, 0.25) is 0 Å². The zero-order chi connectivity index (χ0) is 30.6. The van der Waals surface area contributed by atoms with Gasteiger partial charge in [0.25, 0.3) is 5.91 Å². The number of carbonyl (C=O) groups is 2. The van der Waals surface area contributed by atoms with E-state index in [1.165, 1.54) is 5.56 Å². The van der Waals surface area contributed by atoms with Crippen LogP contribution in [0.1, 0.15) is 66.4 Å². The van der Waals surface area contributed by atoms with Gasteiger partial charge in [0, 0.05) is 42.4 Å². The van der Waals surface area contributed by atoms with E-state index in [9.17, 15) is 9.59 Å². The first-order valence-electron chi connectivity index (χ1n) is 15.0. The highest BCUT2D eigenvalue weighted by molar-refractivity contribution is 5.99. The number of carbonyl (C=O) groups excluding carboxylic acids is 2. The summed E-state index contributed by atoms with van der Waals surface area (Å²) in [7, 11) is 0. The van der Waals surface area contributed by atoms with Gasteiger partial charge in [-0.05, 0) is 79.6 Å². The van der Waals surface area contributed by atoms with Crippen LogP contribution in [-0.4, -0.2) is 39.7 Å². The van der Waals surface area contributed by atoms with Crippen LogP contribution in [0.25, 0.3) is 5.69 Å². The van der Waals surface area contributed by atoms with Crippen molar-refractivity contribution in [3.05, 3.63) is 107 Å². The topological polar surface area (TPSA) is 105 Å². The molecule has 0 atom stereocenters. The summed E-state index contributed by atoms with van der Waals surface area (Å²) >= 11 is 0. The lowest BCUT2D eigenvalue weighted by Gasteiger charge is -2.32. The molecule has 1 aromatic heterocycles. The van der Waals surface area contributed by atoms with Crippen molar-refractivity contribution < 1.29 is 9.59 Å². The van der Waals surface area contributed by atoms with Crippen LogP contribution in [0.5, 0.6) is 0 Å². The van der Waals surface area contributed by atoms with Crippen molar-refractivity contribution in [3.63, 3.8) is 0 Å². The molecule has 8 nitrogen and oxygen atoms in total. The van der Waals surface area contributed by atoms with E-state index in [1.54, 1.807) is 4.68 Å².